The van der Waals surface area contributed by atoms with Crippen LogP contribution in [0.2, 0.25) is 0 Å². The number of carbonyl (C=O) groups excluding carboxylic acids is 1. The highest BCUT2D eigenvalue weighted by Gasteiger charge is 2.41. The minimum atomic E-state index is -1.09. The summed E-state index contributed by atoms with van der Waals surface area (Å²) < 4.78 is 5.33. The molecule has 29 heavy (non-hydrogen) atoms. The summed E-state index contributed by atoms with van der Waals surface area (Å²) in [5.74, 6) is -0.681. The molecule has 0 bridgehead atoms. The molecule has 7 heteroatoms. The fourth-order valence-corrected chi connectivity index (χ4v) is 4.74. The third-order valence-corrected chi connectivity index (χ3v) is 6.64. The van der Waals surface area contributed by atoms with E-state index in [1.54, 1.807) is 12.4 Å². The zero-order valence-corrected chi connectivity index (χ0v) is 17.7. The Labute approximate surface area is 172 Å². The van der Waals surface area contributed by atoms with E-state index in [0.717, 1.165) is 12.8 Å². The van der Waals surface area contributed by atoms with Crippen molar-refractivity contribution in [3.63, 3.8) is 0 Å². The van der Waals surface area contributed by atoms with Crippen LogP contribution in [0, 0.1) is 10.8 Å². The number of aromatic nitrogens is 4. The highest BCUT2D eigenvalue weighted by atomic mass is 16.5. The Bertz CT molecular complexity index is 792. The van der Waals surface area contributed by atoms with Crippen molar-refractivity contribution in [1.82, 2.24) is 20.1 Å². The van der Waals surface area contributed by atoms with Crippen molar-refractivity contribution in [1.29, 1.82) is 0 Å². The molecule has 2 heterocycles. The van der Waals surface area contributed by atoms with E-state index in [9.17, 15) is 9.90 Å². The van der Waals surface area contributed by atoms with Gasteiger partial charge in [0.1, 0.15) is 6.33 Å². The maximum absolute atomic E-state index is 11.3. The van der Waals surface area contributed by atoms with Crippen LogP contribution in [-0.4, -0.2) is 26.1 Å². The molecule has 1 aliphatic rings. The molecule has 0 aromatic carbocycles. The second-order valence-electron chi connectivity index (χ2n) is 9.34. The monoisotopic (exact) mass is 399 g/mol. The minimum absolute atomic E-state index is 0.104. The van der Waals surface area contributed by atoms with Crippen LogP contribution in [-0.2, 0) is 4.79 Å². The molecule has 2 aromatic heterocycles. The van der Waals surface area contributed by atoms with E-state index in [1.165, 1.54) is 38.4 Å². The van der Waals surface area contributed by atoms with Crippen molar-refractivity contribution in [2.75, 3.05) is 0 Å². The molecule has 0 amide bonds. The number of nitrogens with zero attached hydrogens (tertiary/aromatic N) is 4. The number of carboxylic acid groups (broad SMARTS) is 1. The van der Waals surface area contributed by atoms with Crippen LogP contribution in [0.5, 0.6) is 0 Å². The SMILES string of the molecule is CC(C)(C)C1(CCCC(CC(=O)[O-])c2noc(-c3cncnc3)n2)CCCCC1. The van der Waals surface area contributed by atoms with E-state index < -0.39 is 5.97 Å². The third-order valence-electron chi connectivity index (χ3n) is 6.64. The fourth-order valence-electron chi connectivity index (χ4n) is 4.74. The molecule has 0 saturated heterocycles. The lowest BCUT2D eigenvalue weighted by molar-refractivity contribution is -0.306. The van der Waals surface area contributed by atoms with Crippen molar-refractivity contribution >= 4 is 5.97 Å². The highest BCUT2D eigenvalue weighted by Crippen LogP contribution is 2.53. The van der Waals surface area contributed by atoms with E-state index in [0.29, 0.717) is 29.1 Å². The molecule has 2 aromatic rings. The third kappa shape index (κ3) is 5.19. The Morgan fingerprint density at radius 2 is 1.90 bits per heavy atom. The quantitative estimate of drug-likeness (QED) is 0.662. The second kappa shape index (κ2) is 9.01. The summed E-state index contributed by atoms with van der Waals surface area (Å²) in [4.78, 5) is 23.7. The van der Waals surface area contributed by atoms with Gasteiger partial charge >= 0.3 is 0 Å². The first-order chi connectivity index (χ1) is 13.8. The minimum Gasteiger partial charge on any atom is -0.550 e. The summed E-state index contributed by atoms with van der Waals surface area (Å²) in [6.45, 7) is 7.01. The van der Waals surface area contributed by atoms with Gasteiger partial charge in [0.05, 0.1) is 5.56 Å². The maximum atomic E-state index is 11.3. The zero-order chi connectivity index (χ0) is 20.9. The fraction of sp³-hybridized carbons (Fsp3) is 0.682. The van der Waals surface area contributed by atoms with E-state index >= 15 is 0 Å². The van der Waals surface area contributed by atoms with Gasteiger partial charge in [0, 0.05) is 24.3 Å². The molecule has 0 N–H and O–H groups in total. The van der Waals surface area contributed by atoms with E-state index in [1.807, 2.05) is 0 Å². The topological polar surface area (TPSA) is 105 Å². The van der Waals surface area contributed by atoms with Gasteiger partial charge in [0.2, 0.25) is 0 Å². The van der Waals surface area contributed by atoms with Crippen molar-refractivity contribution < 1.29 is 14.4 Å². The normalized spacial score (nSPS) is 17.8. The summed E-state index contributed by atoms with van der Waals surface area (Å²) in [6.07, 6.45) is 13.6. The Morgan fingerprint density at radius 1 is 1.21 bits per heavy atom. The molecule has 1 fully saturated rings. The first-order valence-electron chi connectivity index (χ1n) is 10.6. The standard InChI is InChI=1S/C22H32N4O3/c1-21(2,3)22(9-5-4-6-10-22)11-7-8-16(12-18(27)28)19-25-20(29-26-19)17-13-23-15-24-14-17/h13-16H,4-12H2,1-3H3,(H,27,28)/p-1. The van der Waals surface area contributed by atoms with Crippen LogP contribution in [0.1, 0.15) is 90.3 Å². The molecule has 0 spiro atoms. The summed E-state index contributed by atoms with van der Waals surface area (Å²) in [5.41, 5.74) is 1.18. The first-order valence-corrected chi connectivity index (χ1v) is 10.6. The van der Waals surface area contributed by atoms with Crippen LogP contribution in [0.15, 0.2) is 23.2 Å². The maximum Gasteiger partial charge on any atom is 0.261 e. The van der Waals surface area contributed by atoms with Gasteiger partial charge in [-0.05, 0) is 42.9 Å². The Morgan fingerprint density at radius 3 is 2.52 bits per heavy atom. The average Bonchev–Trinajstić information content (AvgIpc) is 3.18. The number of rotatable bonds is 8. The highest BCUT2D eigenvalue weighted by molar-refractivity contribution is 5.65. The Balaban J connectivity index is 1.70. The van der Waals surface area contributed by atoms with Gasteiger partial charge in [0.15, 0.2) is 5.82 Å². The Kier molecular flexibility index (Phi) is 6.65. The summed E-state index contributed by atoms with van der Waals surface area (Å²) in [5, 5.41) is 15.4. The average molecular weight is 400 g/mol. The van der Waals surface area contributed by atoms with Gasteiger partial charge in [-0.1, -0.05) is 51.6 Å². The summed E-state index contributed by atoms with van der Waals surface area (Å²) in [6, 6.07) is 0. The van der Waals surface area contributed by atoms with Crippen LogP contribution in [0.4, 0.5) is 0 Å². The Hall–Kier alpha value is -2.31. The van der Waals surface area contributed by atoms with Gasteiger partial charge in [-0.3, -0.25) is 0 Å². The molecule has 0 aliphatic heterocycles. The number of carbonyl (C=O) groups is 1. The van der Waals surface area contributed by atoms with Crippen molar-refractivity contribution in [3.05, 3.63) is 24.5 Å². The molecular weight excluding hydrogens is 368 g/mol. The predicted molar refractivity (Wildman–Crippen MR) is 107 cm³/mol. The van der Waals surface area contributed by atoms with Crippen LogP contribution in [0.25, 0.3) is 11.5 Å². The molecule has 1 unspecified atom stereocenters. The summed E-state index contributed by atoms with van der Waals surface area (Å²) in [7, 11) is 0. The largest absolute Gasteiger partial charge is 0.550 e. The number of hydrogen-bond donors (Lipinski definition) is 0. The molecular formula is C22H31N4O3-. The summed E-state index contributed by atoms with van der Waals surface area (Å²) >= 11 is 0. The predicted octanol–water partition coefficient (Wildman–Crippen LogP) is 3.92. The van der Waals surface area contributed by atoms with Gasteiger partial charge in [-0.25, -0.2) is 9.97 Å². The van der Waals surface area contributed by atoms with E-state index in [2.05, 4.69) is 40.9 Å². The molecule has 158 valence electrons. The number of hydrogen-bond acceptors (Lipinski definition) is 7. The molecule has 1 saturated carbocycles. The lowest BCUT2D eigenvalue weighted by atomic mass is 9.57. The molecule has 1 aliphatic carbocycles. The number of aliphatic carboxylic acids is 1. The lowest BCUT2D eigenvalue weighted by Crippen LogP contribution is -2.37. The zero-order valence-electron chi connectivity index (χ0n) is 17.7. The second-order valence-corrected chi connectivity index (χ2v) is 9.34. The molecule has 3 rings (SSSR count). The van der Waals surface area contributed by atoms with Crippen molar-refractivity contribution in [2.24, 2.45) is 10.8 Å². The van der Waals surface area contributed by atoms with Gasteiger partial charge in [-0.15, -0.1) is 0 Å². The van der Waals surface area contributed by atoms with Crippen molar-refractivity contribution in [3.8, 4) is 11.5 Å². The van der Waals surface area contributed by atoms with Crippen LogP contribution in [0.3, 0.4) is 0 Å². The first kappa shape index (κ1) is 21.4. The lowest BCUT2D eigenvalue weighted by Gasteiger charge is -2.48. The van der Waals surface area contributed by atoms with Gasteiger partial charge < -0.3 is 14.4 Å². The van der Waals surface area contributed by atoms with Crippen LogP contribution < -0.4 is 5.11 Å². The smallest absolute Gasteiger partial charge is 0.261 e. The van der Waals surface area contributed by atoms with Crippen LogP contribution >= 0.6 is 0 Å². The molecule has 1 atom stereocenters. The van der Waals surface area contributed by atoms with Crippen molar-refractivity contribution in [2.45, 2.75) is 84.5 Å². The molecule has 7 nitrogen and oxygen atoms in total. The van der Waals surface area contributed by atoms with Gasteiger partial charge in [0.25, 0.3) is 5.89 Å². The molecule has 0 radical (unpaired) electrons. The number of carboxylic acids is 1. The van der Waals surface area contributed by atoms with Gasteiger partial charge in [-0.2, -0.15) is 4.98 Å². The van der Waals surface area contributed by atoms with E-state index in [4.69, 9.17) is 4.52 Å². The van der Waals surface area contributed by atoms with E-state index in [-0.39, 0.29) is 17.8 Å².